The molecule has 0 aliphatic heterocycles. The van der Waals surface area contributed by atoms with E-state index in [4.69, 9.17) is 0 Å². The average molecular weight is 293 g/mol. The summed E-state index contributed by atoms with van der Waals surface area (Å²) in [7, 11) is 0. The summed E-state index contributed by atoms with van der Waals surface area (Å²) in [6, 6.07) is 0. The smallest absolute Gasteiger partial charge is 0.191 e. The number of nitrogens with one attached hydrogen (secondary N) is 3. The molecule has 5 nitrogen and oxygen atoms in total. The first-order chi connectivity index (χ1) is 10.3. The van der Waals surface area contributed by atoms with Gasteiger partial charge >= 0.3 is 0 Å². The quantitative estimate of drug-likeness (QED) is 0.353. The third-order valence-corrected chi connectivity index (χ3v) is 3.48. The standard InChI is InChI=1S/C16H31N5/c1-4-6-7-8-11-18-16(17-5-2)19-12-9-10-15-13-20-21-14(15)3/h13H,4-12H2,1-3H3,(H,20,21)(H2,17,18,19). The molecule has 21 heavy (non-hydrogen) atoms. The van der Waals surface area contributed by atoms with Gasteiger partial charge in [0.15, 0.2) is 5.96 Å². The Morgan fingerprint density at radius 2 is 2.05 bits per heavy atom. The Morgan fingerprint density at radius 1 is 1.19 bits per heavy atom. The van der Waals surface area contributed by atoms with Crippen molar-refractivity contribution in [1.82, 2.24) is 20.8 Å². The minimum absolute atomic E-state index is 0.842. The van der Waals surface area contributed by atoms with E-state index in [9.17, 15) is 0 Å². The number of nitrogens with zero attached hydrogens (tertiary/aromatic N) is 2. The van der Waals surface area contributed by atoms with Gasteiger partial charge in [-0.05, 0) is 38.7 Å². The second-order valence-corrected chi connectivity index (χ2v) is 5.37. The van der Waals surface area contributed by atoms with Gasteiger partial charge in [-0.25, -0.2) is 0 Å². The van der Waals surface area contributed by atoms with Gasteiger partial charge in [0.2, 0.25) is 0 Å². The monoisotopic (exact) mass is 293 g/mol. The molecular formula is C16H31N5. The Morgan fingerprint density at radius 3 is 2.71 bits per heavy atom. The topological polar surface area (TPSA) is 65.1 Å². The molecule has 0 amide bonds. The summed E-state index contributed by atoms with van der Waals surface area (Å²) >= 11 is 0. The molecule has 120 valence electrons. The van der Waals surface area contributed by atoms with Crippen LogP contribution in [-0.2, 0) is 6.42 Å². The molecule has 0 atom stereocenters. The molecular weight excluding hydrogens is 262 g/mol. The summed E-state index contributed by atoms with van der Waals surface area (Å²) in [5, 5.41) is 13.7. The molecule has 0 unspecified atom stereocenters. The number of guanidine groups is 1. The van der Waals surface area contributed by atoms with E-state index in [1.54, 1.807) is 0 Å². The zero-order valence-electron chi connectivity index (χ0n) is 13.8. The molecule has 0 radical (unpaired) electrons. The SMILES string of the molecule is CCCCCCNC(=NCCCc1cn[nH]c1C)NCC. The van der Waals surface area contributed by atoms with Crippen LogP contribution in [0.25, 0.3) is 0 Å². The van der Waals surface area contributed by atoms with E-state index < -0.39 is 0 Å². The Kier molecular flexibility index (Phi) is 9.33. The van der Waals surface area contributed by atoms with Gasteiger partial charge in [-0.3, -0.25) is 10.1 Å². The van der Waals surface area contributed by atoms with Gasteiger partial charge in [0.1, 0.15) is 0 Å². The van der Waals surface area contributed by atoms with Crippen molar-refractivity contribution >= 4 is 5.96 Å². The van der Waals surface area contributed by atoms with Gasteiger partial charge < -0.3 is 10.6 Å². The van der Waals surface area contributed by atoms with Crippen LogP contribution in [0, 0.1) is 6.92 Å². The third kappa shape index (κ3) is 7.73. The second-order valence-electron chi connectivity index (χ2n) is 5.37. The fourth-order valence-corrected chi connectivity index (χ4v) is 2.19. The largest absolute Gasteiger partial charge is 0.357 e. The number of hydrogen-bond donors (Lipinski definition) is 3. The van der Waals surface area contributed by atoms with Gasteiger partial charge in [-0.15, -0.1) is 0 Å². The first kappa shape index (κ1) is 17.5. The van der Waals surface area contributed by atoms with Crippen LogP contribution in [0.15, 0.2) is 11.2 Å². The number of hydrogen-bond acceptors (Lipinski definition) is 2. The Bertz CT molecular complexity index is 397. The van der Waals surface area contributed by atoms with Crippen LogP contribution in [0.2, 0.25) is 0 Å². The van der Waals surface area contributed by atoms with E-state index in [0.29, 0.717) is 0 Å². The molecule has 0 fully saturated rings. The summed E-state index contributed by atoms with van der Waals surface area (Å²) in [5.74, 6) is 0.943. The normalized spacial score (nSPS) is 11.7. The maximum atomic E-state index is 4.62. The van der Waals surface area contributed by atoms with Gasteiger partial charge in [0.05, 0.1) is 6.20 Å². The Labute approximate surface area is 129 Å². The van der Waals surface area contributed by atoms with Crippen LogP contribution in [0.1, 0.15) is 57.2 Å². The summed E-state index contributed by atoms with van der Waals surface area (Å²) < 4.78 is 0. The lowest BCUT2D eigenvalue weighted by Gasteiger charge is -2.11. The van der Waals surface area contributed by atoms with Gasteiger partial charge in [-0.2, -0.15) is 5.10 Å². The van der Waals surface area contributed by atoms with Crippen LogP contribution in [0.5, 0.6) is 0 Å². The minimum Gasteiger partial charge on any atom is -0.357 e. The highest BCUT2D eigenvalue weighted by molar-refractivity contribution is 5.79. The molecule has 0 aliphatic carbocycles. The molecule has 1 aromatic heterocycles. The van der Waals surface area contributed by atoms with E-state index in [-0.39, 0.29) is 0 Å². The fourth-order valence-electron chi connectivity index (χ4n) is 2.19. The first-order valence-corrected chi connectivity index (χ1v) is 8.29. The third-order valence-electron chi connectivity index (χ3n) is 3.48. The summed E-state index contributed by atoms with van der Waals surface area (Å²) in [6.07, 6.45) is 9.10. The minimum atomic E-state index is 0.842. The lowest BCUT2D eigenvalue weighted by Crippen LogP contribution is -2.37. The van der Waals surface area contributed by atoms with E-state index in [1.165, 1.54) is 36.9 Å². The van der Waals surface area contributed by atoms with Crippen molar-refractivity contribution in [3.8, 4) is 0 Å². The number of aromatic amines is 1. The van der Waals surface area contributed by atoms with Crippen LogP contribution >= 0.6 is 0 Å². The van der Waals surface area contributed by atoms with Crippen molar-refractivity contribution in [3.05, 3.63) is 17.5 Å². The Hall–Kier alpha value is -1.52. The van der Waals surface area contributed by atoms with Gasteiger partial charge in [-0.1, -0.05) is 26.2 Å². The number of aryl methyl sites for hydroxylation is 2. The molecule has 0 saturated carbocycles. The highest BCUT2D eigenvalue weighted by atomic mass is 15.2. The number of rotatable bonds is 10. The highest BCUT2D eigenvalue weighted by Crippen LogP contribution is 2.05. The lowest BCUT2D eigenvalue weighted by atomic mass is 10.1. The van der Waals surface area contributed by atoms with Crippen molar-refractivity contribution in [1.29, 1.82) is 0 Å². The van der Waals surface area contributed by atoms with Crippen molar-refractivity contribution in [2.75, 3.05) is 19.6 Å². The van der Waals surface area contributed by atoms with E-state index in [2.05, 4.69) is 46.6 Å². The zero-order valence-corrected chi connectivity index (χ0v) is 13.8. The maximum Gasteiger partial charge on any atom is 0.191 e. The lowest BCUT2D eigenvalue weighted by molar-refractivity contribution is 0.646. The zero-order chi connectivity index (χ0) is 15.3. The van der Waals surface area contributed by atoms with Gasteiger partial charge in [0.25, 0.3) is 0 Å². The number of aliphatic imine (C=N–C) groups is 1. The van der Waals surface area contributed by atoms with Crippen molar-refractivity contribution < 1.29 is 0 Å². The van der Waals surface area contributed by atoms with Gasteiger partial charge in [0, 0.05) is 25.3 Å². The summed E-state index contributed by atoms with van der Waals surface area (Å²) in [4.78, 5) is 4.62. The molecule has 1 heterocycles. The highest BCUT2D eigenvalue weighted by Gasteiger charge is 2.00. The number of unbranched alkanes of at least 4 members (excludes halogenated alkanes) is 3. The molecule has 0 saturated heterocycles. The first-order valence-electron chi connectivity index (χ1n) is 8.29. The number of aromatic nitrogens is 2. The Balaban J connectivity index is 2.22. The molecule has 3 N–H and O–H groups in total. The molecule has 1 rings (SSSR count). The van der Waals surface area contributed by atoms with Crippen molar-refractivity contribution in [3.63, 3.8) is 0 Å². The average Bonchev–Trinajstić information content (AvgIpc) is 2.88. The molecule has 0 bridgehead atoms. The number of H-pyrrole nitrogens is 1. The van der Waals surface area contributed by atoms with Crippen LogP contribution < -0.4 is 10.6 Å². The molecule has 0 aliphatic rings. The van der Waals surface area contributed by atoms with E-state index in [1.807, 2.05) is 6.20 Å². The maximum absolute atomic E-state index is 4.62. The summed E-state index contributed by atoms with van der Waals surface area (Å²) in [6.45, 7) is 9.15. The summed E-state index contributed by atoms with van der Waals surface area (Å²) in [5.41, 5.74) is 2.46. The van der Waals surface area contributed by atoms with Crippen LogP contribution in [0.3, 0.4) is 0 Å². The molecule has 0 aromatic carbocycles. The van der Waals surface area contributed by atoms with Crippen molar-refractivity contribution in [2.24, 2.45) is 4.99 Å². The van der Waals surface area contributed by atoms with E-state index in [0.717, 1.165) is 38.4 Å². The second kappa shape index (κ2) is 11.2. The molecule has 1 aromatic rings. The van der Waals surface area contributed by atoms with Crippen molar-refractivity contribution in [2.45, 2.75) is 59.3 Å². The van der Waals surface area contributed by atoms with Crippen LogP contribution in [0.4, 0.5) is 0 Å². The molecule has 0 spiro atoms. The fraction of sp³-hybridized carbons (Fsp3) is 0.750. The molecule has 5 heteroatoms. The van der Waals surface area contributed by atoms with E-state index >= 15 is 0 Å². The predicted molar refractivity (Wildman–Crippen MR) is 89.8 cm³/mol. The predicted octanol–water partition coefficient (Wildman–Crippen LogP) is 2.79. The van der Waals surface area contributed by atoms with Crippen LogP contribution in [-0.4, -0.2) is 35.8 Å².